The molecule has 8 heteroatoms. The largest absolute Gasteiger partial charge is 0.338 e. The smallest absolute Gasteiger partial charge is 0.231 e. The standard InChI is InChI=1S/C15H15ClN4O2S/c1-9-18-19-15(23-9)17-14(22)11-6-13(21)20(8-11)7-10-2-4-12(16)5-3-10/h2-5,11H,6-8H2,1H3,(H,17,19,22)/t11-/m1/s1. The van der Waals surface area contributed by atoms with Crippen molar-refractivity contribution in [1.82, 2.24) is 15.1 Å². The highest BCUT2D eigenvalue weighted by Crippen LogP contribution is 2.23. The van der Waals surface area contributed by atoms with E-state index in [0.29, 0.717) is 23.2 Å². The van der Waals surface area contributed by atoms with Crippen molar-refractivity contribution in [1.29, 1.82) is 0 Å². The van der Waals surface area contributed by atoms with Crippen LogP contribution < -0.4 is 5.32 Å². The third kappa shape index (κ3) is 3.86. The molecule has 0 spiro atoms. The molecule has 0 aliphatic carbocycles. The van der Waals surface area contributed by atoms with Crippen molar-refractivity contribution in [3.8, 4) is 0 Å². The SMILES string of the molecule is Cc1nnc(NC(=O)[C@@H]2CC(=O)N(Cc3ccc(Cl)cc3)C2)s1. The fourth-order valence-corrected chi connectivity index (χ4v) is 3.19. The molecule has 1 fully saturated rings. The number of rotatable bonds is 4. The molecule has 2 aromatic rings. The molecule has 0 saturated carbocycles. The van der Waals surface area contributed by atoms with E-state index in [-0.39, 0.29) is 24.2 Å². The first-order valence-corrected chi connectivity index (χ1v) is 8.34. The first-order valence-electron chi connectivity index (χ1n) is 7.14. The van der Waals surface area contributed by atoms with Gasteiger partial charge in [-0.3, -0.25) is 9.59 Å². The molecule has 23 heavy (non-hydrogen) atoms. The topological polar surface area (TPSA) is 75.2 Å². The van der Waals surface area contributed by atoms with E-state index in [1.54, 1.807) is 17.0 Å². The van der Waals surface area contributed by atoms with E-state index < -0.39 is 0 Å². The Labute approximate surface area is 142 Å². The summed E-state index contributed by atoms with van der Waals surface area (Å²) in [5, 5.41) is 12.4. The van der Waals surface area contributed by atoms with Crippen LogP contribution in [0.25, 0.3) is 0 Å². The van der Waals surface area contributed by atoms with Crippen molar-refractivity contribution >= 4 is 39.9 Å². The van der Waals surface area contributed by atoms with E-state index in [0.717, 1.165) is 10.6 Å². The van der Waals surface area contributed by atoms with Crippen LogP contribution in [0.2, 0.25) is 5.02 Å². The normalized spacial score (nSPS) is 17.6. The molecule has 1 aromatic heterocycles. The summed E-state index contributed by atoms with van der Waals surface area (Å²) >= 11 is 7.17. The number of carbonyl (C=O) groups is 2. The lowest BCUT2D eigenvalue weighted by molar-refractivity contribution is -0.128. The number of anilines is 1. The third-order valence-electron chi connectivity index (χ3n) is 3.63. The van der Waals surface area contributed by atoms with Gasteiger partial charge in [0.15, 0.2) is 0 Å². The fourth-order valence-electron chi connectivity index (χ4n) is 2.47. The molecule has 1 N–H and O–H groups in total. The van der Waals surface area contributed by atoms with Gasteiger partial charge in [-0.25, -0.2) is 0 Å². The Hall–Kier alpha value is -1.99. The van der Waals surface area contributed by atoms with Crippen LogP contribution in [0, 0.1) is 12.8 Å². The first-order chi connectivity index (χ1) is 11.0. The monoisotopic (exact) mass is 350 g/mol. The van der Waals surface area contributed by atoms with Crippen LogP contribution in [0.5, 0.6) is 0 Å². The van der Waals surface area contributed by atoms with E-state index in [9.17, 15) is 9.59 Å². The van der Waals surface area contributed by atoms with Crippen molar-refractivity contribution in [2.24, 2.45) is 5.92 Å². The van der Waals surface area contributed by atoms with Gasteiger partial charge in [0.2, 0.25) is 16.9 Å². The summed E-state index contributed by atoms with van der Waals surface area (Å²) in [6, 6.07) is 7.35. The van der Waals surface area contributed by atoms with Crippen molar-refractivity contribution in [3.63, 3.8) is 0 Å². The summed E-state index contributed by atoms with van der Waals surface area (Å²) in [5.41, 5.74) is 0.989. The number of hydrogen-bond donors (Lipinski definition) is 1. The molecule has 2 heterocycles. The second-order valence-electron chi connectivity index (χ2n) is 5.42. The predicted octanol–water partition coefficient (Wildman–Crippen LogP) is 2.49. The number of aromatic nitrogens is 2. The second kappa shape index (κ2) is 6.64. The Morgan fingerprint density at radius 3 is 2.78 bits per heavy atom. The molecule has 3 rings (SSSR count). The van der Waals surface area contributed by atoms with Crippen LogP contribution in [0.3, 0.4) is 0 Å². The summed E-state index contributed by atoms with van der Waals surface area (Å²) in [6.07, 6.45) is 0.219. The van der Waals surface area contributed by atoms with E-state index in [1.165, 1.54) is 11.3 Å². The van der Waals surface area contributed by atoms with Crippen LogP contribution in [0.4, 0.5) is 5.13 Å². The van der Waals surface area contributed by atoms with Gasteiger partial charge in [0, 0.05) is 24.5 Å². The highest BCUT2D eigenvalue weighted by molar-refractivity contribution is 7.15. The predicted molar refractivity (Wildman–Crippen MR) is 88.3 cm³/mol. The average molecular weight is 351 g/mol. The van der Waals surface area contributed by atoms with Gasteiger partial charge in [-0.2, -0.15) is 0 Å². The zero-order valence-electron chi connectivity index (χ0n) is 12.5. The number of aryl methyl sites for hydroxylation is 1. The molecule has 2 amide bonds. The van der Waals surface area contributed by atoms with E-state index in [1.807, 2.05) is 19.1 Å². The van der Waals surface area contributed by atoms with Gasteiger partial charge in [-0.15, -0.1) is 10.2 Å². The summed E-state index contributed by atoms with van der Waals surface area (Å²) in [6.45, 7) is 2.71. The maximum absolute atomic E-state index is 12.2. The van der Waals surface area contributed by atoms with Gasteiger partial charge in [0.05, 0.1) is 5.92 Å². The zero-order valence-corrected chi connectivity index (χ0v) is 14.0. The minimum absolute atomic E-state index is 0.0199. The van der Waals surface area contributed by atoms with Crippen LogP contribution in [-0.4, -0.2) is 33.5 Å². The highest BCUT2D eigenvalue weighted by atomic mass is 35.5. The maximum Gasteiger partial charge on any atom is 0.231 e. The number of carbonyl (C=O) groups excluding carboxylic acids is 2. The van der Waals surface area contributed by atoms with Crippen LogP contribution in [-0.2, 0) is 16.1 Å². The molecule has 0 bridgehead atoms. The number of hydrogen-bond acceptors (Lipinski definition) is 5. The molecular weight excluding hydrogens is 336 g/mol. The maximum atomic E-state index is 12.2. The van der Waals surface area contributed by atoms with Crippen molar-refractivity contribution in [3.05, 3.63) is 39.9 Å². The second-order valence-corrected chi connectivity index (χ2v) is 7.04. The molecule has 1 aromatic carbocycles. The van der Waals surface area contributed by atoms with Crippen LogP contribution in [0.15, 0.2) is 24.3 Å². The minimum atomic E-state index is -0.362. The fraction of sp³-hybridized carbons (Fsp3) is 0.333. The Bertz CT molecular complexity index is 731. The quantitative estimate of drug-likeness (QED) is 0.919. The lowest BCUT2D eigenvalue weighted by Gasteiger charge is -2.16. The van der Waals surface area contributed by atoms with Gasteiger partial charge in [-0.1, -0.05) is 35.1 Å². The van der Waals surface area contributed by atoms with Gasteiger partial charge in [0.1, 0.15) is 5.01 Å². The number of amides is 2. The Morgan fingerprint density at radius 2 is 2.13 bits per heavy atom. The molecule has 1 aliphatic rings. The molecule has 120 valence electrons. The average Bonchev–Trinajstić information content (AvgIpc) is 3.08. The lowest BCUT2D eigenvalue weighted by Crippen LogP contribution is -2.28. The zero-order chi connectivity index (χ0) is 16.4. The number of halogens is 1. The summed E-state index contributed by atoms with van der Waals surface area (Å²) < 4.78 is 0. The Morgan fingerprint density at radius 1 is 1.39 bits per heavy atom. The minimum Gasteiger partial charge on any atom is -0.338 e. The molecule has 0 unspecified atom stereocenters. The van der Waals surface area contributed by atoms with Gasteiger partial charge < -0.3 is 10.2 Å². The molecule has 1 aliphatic heterocycles. The van der Waals surface area contributed by atoms with Gasteiger partial charge in [0.25, 0.3) is 0 Å². The summed E-state index contributed by atoms with van der Waals surface area (Å²) in [7, 11) is 0. The molecule has 1 atom stereocenters. The third-order valence-corrected chi connectivity index (χ3v) is 4.63. The van der Waals surface area contributed by atoms with E-state index in [4.69, 9.17) is 11.6 Å². The van der Waals surface area contributed by atoms with Crippen molar-refractivity contribution < 1.29 is 9.59 Å². The van der Waals surface area contributed by atoms with E-state index >= 15 is 0 Å². The molecule has 6 nitrogen and oxygen atoms in total. The van der Waals surface area contributed by atoms with Gasteiger partial charge in [-0.05, 0) is 24.6 Å². The highest BCUT2D eigenvalue weighted by Gasteiger charge is 2.34. The number of benzene rings is 1. The molecule has 1 saturated heterocycles. The van der Waals surface area contributed by atoms with Gasteiger partial charge >= 0.3 is 0 Å². The molecule has 0 radical (unpaired) electrons. The number of nitrogens with one attached hydrogen (secondary N) is 1. The number of likely N-dealkylation sites (tertiary alicyclic amines) is 1. The Balaban J connectivity index is 1.60. The molecular formula is C15H15ClN4O2S. The lowest BCUT2D eigenvalue weighted by atomic mass is 10.1. The van der Waals surface area contributed by atoms with Crippen LogP contribution >= 0.6 is 22.9 Å². The summed E-state index contributed by atoms with van der Waals surface area (Å²) in [5.74, 6) is -0.569. The number of nitrogens with zero attached hydrogens (tertiary/aromatic N) is 3. The summed E-state index contributed by atoms with van der Waals surface area (Å²) in [4.78, 5) is 26.0. The first kappa shape index (κ1) is 15.9. The van der Waals surface area contributed by atoms with Crippen molar-refractivity contribution in [2.75, 3.05) is 11.9 Å². The van der Waals surface area contributed by atoms with Crippen LogP contribution in [0.1, 0.15) is 17.0 Å². The van der Waals surface area contributed by atoms with Crippen molar-refractivity contribution in [2.45, 2.75) is 19.9 Å². The van der Waals surface area contributed by atoms with E-state index in [2.05, 4.69) is 15.5 Å². The Kier molecular flexibility index (Phi) is 4.58.